The van der Waals surface area contributed by atoms with Crippen molar-refractivity contribution < 1.29 is 237 Å². The van der Waals surface area contributed by atoms with Crippen LogP contribution in [-0.4, -0.2) is 50.8 Å². The van der Waals surface area contributed by atoms with Crippen LogP contribution in [0.25, 0.3) is 0 Å². The number of aliphatic carboxylic acids is 6. The number of nitrogen functional groups attached to an aromatic ring is 3. The number of carboxylic acids is 6. The summed E-state index contributed by atoms with van der Waals surface area (Å²) in [5, 5.41) is 53.3. The van der Waals surface area contributed by atoms with Crippen molar-refractivity contribution in [2.45, 2.75) is 41.5 Å². The van der Waals surface area contributed by atoms with Gasteiger partial charge in [0.2, 0.25) is 17.8 Å². The predicted octanol–water partition coefficient (Wildman–Crippen LogP) is -26.8. The third-order valence-electron chi connectivity index (χ3n) is 0.687. The molecule has 0 atom stereocenters. The minimum atomic E-state index is -1.08. The van der Waals surface area contributed by atoms with Crippen LogP contribution in [0.4, 0.5) is 17.8 Å². The van der Waals surface area contributed by atoms with E-state index in [4.69, 9.17) is 76.6 Å². The zero-order chi connectivity index (χ0) is 28.3. The van der Waals surface area contributed by atoms with Crippen LogP contribution in [0.15, 0.2) is 0 Å². The molecule has 1 aromatic rings. The Morgan fingerprint density at radius 3 is 0.487 bits per heavy atom. The first-order valence-corrected chi connectivity index (χ1v) is 7.66. The van der Waals surface area contributed by atoms with Gasteiger partial charge in [-0.3, -0.25) is 0 Å². The molecule has 0 aliphatic heterocycles. The van der Waals surface area contributed by atoms with E-state index in [-0.39, 0.29) is 195 Å². The van der Waals surface area contributed by atoms with E-state index in [0.29, 0.717) is 0 Å². The van der Waals surface area contributed by atoms with E-state index in [1.807, 2.05) is 0 Å². The van der Waals surface area contributed by atoms with Crippen LogP contribution in [0.1, 0.15) is 41.5 Å². The number of carboxylic acid groups (broad SMARTS) is 6. The van der Waals surface area contributed by atoms with Gasteiger partial charge < -0.3 is 76.6 Å². The van der Waals surface area contributed by atoms with Gasteiger partial charge in [0.15, 0.2) is 0 Å². The van der Waals surface area contributed by atoms with Crippen molar-refractivity contribution in [2.24, 2.45) is 0 Å². The van der Waals surface area contributed by atoms with Crippen LogP contribution >= 0.6 is 0 Å². The Kier molecular flexibility index (Phi) is 117. The van der Waals surface area contributed by atoms with Crippen LogP contribution in [0.5, 0.6) is 0 Å². The van der Waals surface area contributed by atoms with Gasteiger partial charge in [0.05, 0.1) is 0 Å². The molecule has 39 heavy (non-hydrogen) atoms. The number of nitrogens with two attached hydrogens (primary N) is 3. The molecular formula is C15H24N6Na6O12. The van der Waals surface area contributed by atoms with Gasteiger partial charge in [-0.25, -0.2) is 0 Å². The summed E-state index contributed by atoms with van der Waals surface area (Å²) < 4.78 is 0. The van der Waals surface area contributed by atoms with Crippen LogP contribution < -0.4 is 225 Å². The standard InChI is InChI=1S/C3H6N6.6C2H4O2.6Na/c4-1-7-2(5)9-3(6)8-1;6*1-2(3)4;;;;;;/h(H6,4,5,6,7,8,9);6*1H3,(H,3,4);;;;;;/q;;;;;;;6*+1/p-6. The largest absolute Gasteiger partial charge is 1.00 e. The Hall–Kier alpha value is 1.23. The summed E-state index contributed by atoms with van der Waals surface area (Å²) in [6.45, 7) is 5.83. The minimum absolute atomic E-state index is 0. The van der Waals surface area contributed by atoms with Gasteiger partial charge in [-0.2, -0.15) is 15.0 Å². The number of hydrogen-bond acceptors (Lipinski definition) is 18. The Balaban J connectivity index is -0.0000000220. The van der Waals surface area contributed by atoms with E-state index in [2.05, 4.69) is 15.0 Å². The van der Waals surface area contributed by atoms with E-state index in [1.54, 1.807) is 0 Å². The maximum atomic E-state index is 8.89. The van der Waals surface area contributed by atoms with Gasteiger partial charge in [-0.15, -0.1) is 0 Å². The minimum Gasteiger partial charge on any atom is -0.550 e. The molecule has 6 N–H and O–H groups in total. The van der Waals surface area contributed by atoms with Crippen LogP contribution in [0.3, 0.4) is 0 Å². The average molecular weight is 618 g/mol. The molecule has 0 spiro atoms. The molecule has 1 heterocycles. The van der Waals surface area contributed by atoms with Gasteiger partial charge in [0.1, 0.15) is 0 Å². The first-order chi connectivity index (χ1) is 14.6. The predicted molar refractivity (Wildman–Crippen MR) is 97.2 cm³/mol. The van der Waals surface area contributed by atoms with Gasteiger partial charge in [-0.05, 0) is 41.5 Å². The van der Waals surface area contributed by atoms with E-state index in [9.17, 15) is 0 Å². The van der Waals surface area contributed by atoms with Gasteiger partial charge in [0.25, 0.3) is 0 Å². The van der Waals surface area contributed by atoms with E-state index >= 15 is 0 Å². The molecule has 0 saturated carbocycles. The fraction of sp³-hybridized carbons (Fsp3) is 0.400. The summed E-state index contributed by atoms with van der Waals surface area (Å²) >= 11 is 0. The van der Waals surface area contributed by atoms with Crippen molar-refractivity contribution in [1.29, 1.82) is 0 Å². The zero-order valence-corrected chi connectivity index (χ0v) is 36.5. The molecule has 0 bridgehead atoms. The number of nitrogens with zero attached hydrogens (tertiary/aromatic N) is 3. The van der Waals surface area contributed by atoms with Crippen molar-refractivity contribution in [1.82, 2.24) is 15.0 Å². The third-order valence-corrected chi connectivity index (χ3v) is 0.687. The number of carbonyl (C=O) groups excluding carboxylic acids is 6. The maximum absolute atomic E-state index is 8.89. The normalized spacial score (nSPS) is 6.00. The fourth-order valence-electron chi connectivity index (χ4n) is 0.427. The fourth-order valence-corrected chi connectivity index (χ4v) is 0.427. The van der Waals surface area contributed by atoms with E-state index < -0.39 is 35.8 Å². The van der Waals surface area contributed by atoms with Crippen LogP contribution in [0.2, 0.25) is 0 Å². The Bertz CT molecular complexity index is 584. The summed E-state index contributed by atoms with van der Waals surface area (Å²) in [4.78, 5) is 63.8. The third kappa shape index (κ3) is 311. The SMILES string of the molecule is CC(=O)[O-].CC(=O)[O-].CC(=O)[O-].CC(=O)[O-].CC(=O)[O-].CC(=O)[O-].Nc1nc(N)nc(N)n1.[Na+].[Na+].[Na+].[Na+].[Na+].[Na+]. The zero-order valence-electron chi connectivity index (χ0n) is 24.5. The number of aromatic nitrogens is 3. The molecule has 0 radical (unpaired) electrons. The number of hydrogen-bond donors (Lipinski definition) is 3. The van der Waals surface area contributed by atoms with Crippen molar-refractivity contribution in [3.05, 3.63) is 0 Å². The Labute approximate surface area is 358 Å². The second kappa shape index (κ2) is 58.8. The van der Waals surface area contributed by atoms with Crippen molar-refractivity contribution in [3.63, 3.8) is 0 Å². The first-order valence-electron chi connectivity index (χ1n) is 7.66. The molecule has 18 nitrogen and oxygen atoms in total. The molecule has 24 heteroatoms. The maximum Gasteiger partial charge on any atom is 1.00 e. The molecule has 0 aromatic carbocycles. The summed E-state index contributed by atoms with van der Waals surface area (Å²) in [6, 6.07) is 0. The molecule has 0 saturated heterocycles. The number of rotatable bonds is 0. The molecule has 0 unspecified atom stereocenters. The quantitative estimate of drug-likeness (QED) is 0.227. The average Bonchev–Trinajstić information content (AvgIpc) is 2.41. The molecule has 1 rings (SSSR count). The topological polar surface area (TPSA) is 358 Å². The van der Waals surface area contributed by atoms with Crippen molar-refractivity contribution >= 4 is 53.7 Å². The smallest absolute Gasteiger partial charge is 0.550 e. The molecule has 0 aliphatic rings. The second-order valence-electron chi connectivity index (χ2n) is 4.36. The first kappa shape index (κ1) is 77.7. The van der Waals surface area contributed by atoms with Gasteiger partial charge in [-0.1, -0.05) is 0 Å². The molecule has 192 valence electrons. The number of carbonyl (C=O) groups is 6. The summed E-state index contributed by atoms with van der Waals surface area (Å²) in [7, 11) is 0. The number of anilines is 3. The van der Waals surface area contributed by atoms with Crippen LogP contribution in [-0.2, 0) is 28.8 Å². The molecular weight excluding hydrogens is 594 g/mol. The summed E-state index contributed by atoms with van der Waals surface area (Å²) in [6.07, 6.45) is 0. The van der Waals surface area contributed by atoms with E-state index in [0.717, 1.165) is 41.5 Å². The van der Waals surface area contributed by atoms with Crippen molar-refractivity contribution in [2.75, 3.05) is 17.2 Å². The summed E-state index contributed by atoms with van der Waals surface area (Å²) in [5.74, 6) is -6.37. The molecule has 1 aromatic heterocycles. The van der Waals surface area contributed by atoms with Gasteiger partial charge in [0, 0.05) is 35.8 Å². The van der Waals surface area contributed by atoms with Gasteiger partial charge >= 0.3 is 177 Å². The molecule has 0 fully saturated rings. The van der Waals surface area contributed by atoms with E-state index in [1.165, 1.54) is 0 Å². The van der Waals surface area contributed by atoms with Crippen LogP contribution in [0, 0.1) is 0 Å². The van der Waals surface area contributed by atoms with Crippen molar-refractivity contribution in [3.8, 4) is 0 Å². The Morgan fingerprint density at radius 1 is 0.385 bits per heavy atom. The molecule has 0 amide bonds. The summed E-state index contributed by atoms with van der Waals surface area (Å²) in [5.41, 5.74) is 15.4. The second-order valence-corrected chi connectivity index (χ2v) is 4.36. The Morgan fingerprint density at radius 2 is 0.436 bits per heavy atom. The monoisotopic (exact) mass is 618 g/mol. The molecule has 0 aliphatic carbocycles.